The predicted molar refractivity (Wildman–Crippen MR) is 83.3 cm³/mol. The summed E-state index contributed by atoms with van der Waals surface area (Å²) in [6.45, 7) is -8.31. The number of alkyl halides is 21. The zero-order valence-electron chi connectivity index (χ0n) is 18.9. The van der Waals surface area contributed by atoms with Crippen LogP contribution in [0.4, 0.5) is 92.2 Å². The summed E-state index contributed by atoms with van der Waals surface area (Å²) in [5.41, 5.74) is -19.4. The molecule has 0 rings (SSSR count). The zero-order chi connectivity index (χ0) is 32.8. The second kappa shape index (κ2) is 10.9. The second-order valence-corrected chi connectivity index (χ2v) is 7.96. The summed E-state index contributed by atoms with van der Waals surface area (Å²) < 4.78 is 285. The fourth-order valence-electron chi connectivity index (χ4n) is 3.05. The molecule has 0 aromatic carbocycles. The highest BCUT2D eigenvalue weighted by molar-refractivity contribution is 5.05. The molecule has 0 spiro atoms. The number of halogens is 21. The molecule has 242 valence electrons. The first-order valence-electron chi connectivity index (χ1n) is 9.47. The molecule has 0 saturated carbocycles. The van der Waals surface area contributed by atoms with Crippen molar-refractivity contribution < 1.29 is 106 Å². The summed E-state index contributed by atoms with van der Waals surface area (Å²) in [5.74, 6) is 0. The van der Waals surface area contributed by atoms with E-state index in [1.54, 1.807) is 0 Å². The molecule has 1 atom stereocenters. The van der Waals surface area contributed by atoms with E-state index >= 15 is 0 Å². The molecular weight excluding hydrogens is 639 g/mol. The first-order valence-corrected chi connectivity index (χ1v) is 9.47. The fourth-order valence-corrected chi connectivity index (χ4v) is 3.05. The van der Waals surface area contributed by atoms with E-state index in [1.807, 2.05) is 0 Å². The Balaban J connectivity index is 7.34. The lowest BCUT2D eigenvalue weighted by Gasteiger charge is -2.45. The van der Waals surface area contributed by atoms with Gasteiger partial charge in [0.1, 0.15) is 0 Å². The van der Waals surface area contributed by atoms with E-state index in [9.17, 15) is 92.2 Å². The van der Waals surface area contributed by atoms with Crippen molar-refractivity contribution in [1.29, 1.82) is 0 Å². The van der Waals surface area contributed by atoms with E-state index < -0.39 is 92.7 Å². The summed E-state index contributed by atoms with van der Waals surface area (Å²) in [6, 6.07) is 0. The van der Waals surface area contributed by atoms with Gasteiger partial charge in [-0.3, -0.25) is 0 Å². The van der Waals surface area contributed by atoms with Crippen molar-refractivity contribution in [2.45, 2.75) is 74.4 Å². The van der Waals surface area contributed by atoms with Crippen molar-refractivity contribution >= 4 is 0 Å². The smallest absolute Gasteiger partial charge is 0.368 e. The lowest BCUT2D eigenvalue weighted by molar-refractivity contribution is -0.469. The summed E-state index contributed by atoms with van der Waals surface area (Å²) >= 11 is 0. The number of rotatable bonds is 9. The van der Waals surface area contributed by atoms with Crippen LogP contribution in [-0.4, -0.2) is 80.4 Å². The predicted octanol–water partition coefficient (Wildman–Crippen LogP) is 7.84. The lowest BCUT2D eigenvalue weighted by atomic mass is 9.84. The van der Waals surface area contributed by atoms with Gasteiger partial charge < -0.3 is 14.2 Å². The van der Waals surface area contributed by atoms with Crippen LogP contribution in [0.15, 0.2) is 0 Å². The molecule has 0 amide bonds. The Kier molecular flexibility index (Phi) is 10.5. The molecule has 0 aromatic heterocycles. The topological polar surface area (TPSA) is 27.7 Å². The molecule has 0 heterocycles. The Morgan fingerprint density at radius 2 is 0.675 bits per heavy atom. The van der Waals surface area contributed by atoms with E-state index in [0.29, 0.717) is 6.92 Å². The number of hydrogen-bond acceptors (Lipinski definition) is 3. The summed E-state index contributed by atoms with van der Waals surface area (Å²) in [5, 5.41) is 0. The Morgan fingerprint density at radius 1 is 0.450 bits per heavy atom. The van der Waals surface area contributed by atoms with Crippen LogP contribution in [0.2, 0.25) is 0 Å². The van der Waals surface area contributed by atoms with Crippen molar-refractivity contribution in [3.05, 3.63) is 0 Å². The summed E-state index contributed by atoms with van der Waals surface area (Å²) in [6.07, 6.45) is -56.6. The minimum Gasteiger partial charge on any atom is -0.368 e. The van der Waals surface area contributed by atoms with Crippen LogP contribution in [0.1, 0.15) is 13.8 Å². The van der Waals surface area contributed by atoms with E-state index in [0.717, 1.165) is 0 Å². The average Bonchev–Trinajstić information content (AvgIpc) is 2.58. The molecule has 0 N–H and O–H groups in total. The van der Waals surface area contributed by atoms with Crippen LogP contribution in [0.3, 0.4) is 0 Å². The van der Waals surface area contributed by atoms with Crippen LogP contribution < -0.4 is 0 Å². The molecule has 1 unspecified atom stereocenters. The van der Waals surface area contributed by atoms with Gasteiger partial charge in [-0.2, -0.15) is 92.2 Å². The van der Waals surface area contributed by atoms with Gasteiger partial charge in [0, 0.05) is 12.0 Å². The van der Waals surface area contributed by atoms with Crippen LogP contribution in [0.5, 0.6) is 0 Å². The third-order valence-electron chi connectivity index (χ3n) is 4.90. The van der Waals surface area contributed by atoms with Crippen LogP contribution >= 0.6 is 0 Å². The average molecular weight is 652 g/mol. The first-order chi connectivity index (χ1) is 17.1. The molecule has 24 heteroatoms. The third-order valence-corrected chi connectivity index (χ3v) is 4.90. The molecule has 3 nitrogen and oxygen atoms in total. The molecule has 0 aliphatic rings. The van der Waals surface area contributed by atoms with Gasteiger partial charge in [-0.05, 0) is 6.92 Å². The highest BCUT2D eigenvalue weighted by Gasteiger charge is 2.87. The Hall–Kier alpha value is -1.59. The van der Waals surface area contributed by atoms with Crippen molar-refractivity contribution in [1.82, 2.24) is 0 Å². The maximum atomic E-state index is 13.5. The second-order valence-electron chi connectivity index (χ2n) is 7.96. The number of ether oxygens (including phenoxy) is 3. The van der Waals surface area contributed by atoms with E-state index in [4.69, 9.17) is 0 Å². The molecule has 0 aliphatic heterocycles. The molecule has 0 fully saturated rings. The van der Waals surface area contributed by atoms with Crippen molar-refractivity contribution in [3.8, 4) is 0 Å². The van der Waals surface area contributed by atoms with Gasteiger partial charge >= 0.3 is 54.4 Å². The molecule has 40 heavy (non-hydrogen) atoms. The summed E-state index contributed by atoms with van der Waals surface area (Å²) in [7, 11) is 0. The molecular formula is C16H13F21O3. The Morgan fingerprint density at radius 3 is 0.825 bits per heavy atom. The van der Waals surface area contributed by atoms with Gasteiger partial charge in [0.2, 0.25) is 0 Å². The van der Waals surface area contributed by atoms with Crippen molar-refractivity contribution in [2.75, 3.05) is 19.8 Å². The normalized spacial score (nSPS) is 16.9. The maximum absolute atomic E-state index is 13.5. The fraction of sp³-hybridized carbons (Fsp3) is 1.00. The third kappa shape index (κ3) is 6.89. The van der Waals surface area contributed by atoms with Crippen LogP contribution in [-0.2, 0) is 14.2 Å². The standard InChI is InChI=1S/C16H13F21O3/c1-3-38-6(8(17,18)19)7(2,4-39-9(11(20,21)22,12(23,24)25)13(26,27)28)5-40-10(14(29,30)31,15(32,33)34)16(35,36)37/h6H,3-5H2,1-2H3. The lowest BCUT2D eigenvalue weighted by Crippen LogP contribution is -2.70. The van der Waals surface area contributed by atoms with E-state index in [1.165, 1.54) is 0 Å². The van der Waals surface area contributed by atoms with Gasteiger partial charge in [0.25, 0.3) is 0 Å². The van der Waals surface area contributed by atoms with Gasteiger partial charge in [-0.1, -0.05) is 6.92 Å². The van der Waals surface area contributed by atoms with E-state index in [-0.39, 0.29) is 0 Å². The largest absolute Gasteiger partial charge is 0.435 e. The van der Waals surface area contributed by atoms with Crippen LogP contribution in [0.25, 0.3) is 0 Å². The number of hydrogen-bond donors (Lipinski definition) is 0. The molecule has 0 saturated heterocycles. The van der Waals surface area contributed by atoms with Gasteiger partial charge in [0.05, 0.1) is 13.2 Å². The van der Waals surface area contributed by atoms with Gasteiger partial charge in [-0.15, -0.1) is 0 Å². The SMILES string of the molecule is CCOC(C(F)(F)F)C(C)(COC(C(F)(F)F)(C(F)(F)F)C(F)(F)F)COC(C(F)(F)F)(C(F)(F)F)C(F)(F)F. The Bertz CT molecular complexity index is 696. The monoisotopic (exact) mass is 652 g/mol. The minimum absolute atomic E-state index is 0.526. The zero-order valence-corrected chi connectivity index (χ0v) is 18.9. The summed E-state index contributed by atoms with van der Waals surface area (Å²) in [4.78, 5) is 0. The van der Waals surface area contributed by atoms with Crippen LogP contribution in [0, 0.1) is 5.41 Å². The highest BCUT2D eigenvalue weighted by Crippen LogP contribution is 2.58. The van der Waals surface area contributed by atoms with E-state index in [2.05, 4.69) is 14.2 Å². The molecule has 0 aromatic rings. The molecule has 0 radical (unpaired) electrons. The molecule has 0 aliphatic carbocycles. The Labute approximate surface area is 207 Å². The molecule has 0 bridgehead atoms. The van der Waals surface area contributed by atoms with Crippen molar-refractivity contribution in [2.24, 2.45) is 5.41 Å². The van der Waals surface area contributed by atoms with Gasteiger partial charge in [0.15, 0.2) is 6.10 Å². The quantitative estimate of drug-likeness (QED) is 0.238. The minimum atomic E-state index is -7.67. The van der Waals surface area contributed by atoms with Crippen molar-refractivity contribution in [3.63, 3.8) is 0 Å². The highest BCUT2D eigenvalue weighted by atomic mass is 19.5. The maximum Gasteiger partial charge on any atom is 0.435 e. The first kappa shape index (κ1) is 38.4. The van der Waals surface area contributed by atoms with Gasteiger partial charge in [-0.25, -0.2) is 0 Å².